The molecule has 0 radical (unpaired) electrons. The van der Waals surface area contributed by atoms with Gasteiger partial charge < -0.3 is 5.53 Å². The number of hydrogen-bond acceptors (Lipinski definition) is 0. The van der Waals surface area contributed by atoms with Gasteiger partial charge in [-0.1, -0.05) is 102 Å². The van der Waals surface area contributed by atoms with Gasteiger partial charge in [0.1, 0.15) is 5.57 Å². The summed E-state index contributed by atoms with van der Waals surface area (Å²) in [5, 5.41) is 0. The Balaban J connectivity index is 2.05. The summed E-state index contributed by atoms with van der Waals surface area (Å²) < 4.78 is 1.44. The van der Waals surface area contributed by atoms with E-state index in [-0.39, 0.29) is 0 Å². The first-order valence-electron chi connectivity index (χ1n) is 14.8. The zero-order valence-electron chi connectivity index (χ0n) is 23.7. The summed E-state index contributed by atoms with van der Waals surface area (Å²) >= 11 is 0. The number of allylic oxidation sites excluding steroid dienone is 2. The van der Waals surface area contributed by atoms with Gasteiger partial charge in [0.05, 0.1) is 0 Å². The summed E-state index contributed by atoms with van der Waals surface area (Å²) in [6, 6.07) is 17.5. The van der Waals surface area contributed by atoms with E-state index < -0.39 is 0 Å². The second-order valence-corrected chi connectivity index (χ2v) is 10.3. The largest absolute Gasteiger partial charge is 0.493 e. The van der Waals surface area contributed by atoms with Gasteiger partial charge >= 0.3 is 0 Å². The van der Waals surface area contributed by atoms with Gasteiger partial charge in [-0.25, -0.2) is 4.70 Å². The third-order valence-corrected chi connectivity index (χ3v) is 7.23. The van der Waals surface area contributed by atoms with Gasteiger partial charge in [-0.05, 0) is 73.9 Å². The van der Waals surface area contributed by atoms with Crippen molar-refractivity contribution in [2.75, 3.05) is 0 Å². The van der Waals surface area contributed by atoms with Crippen molar-refractivity contribution >= 4 is 11.4 Å². The van der Waals surface area contributed by atoms with Crippen LogP contribution in [0, 0.1) is 11.8 Å². The van der Waals surface area contributed by atoms with Crippen LogP contribution in [0.1, 0.15) is 121 Å². The van der Waals surface area contributed by atoms with Gasteiger partial charge in [0, 0.05) is 23.1 Å². The van der Waals surface area contributed by atoms with Crippen LogP contribution in [0.2, 0.25) is 0 Å². The Morgan fingerprint density at radius 3 is 2.03 bits per heavy atom. The molecule has 1 aliphatic heterocycles. The topological polar surface area (TPSA) is 25.3 Å². The van der Waals surface area contributed by atoms with Crippen LogP contribution in [0.3, 0.4) is 0 Å². The highest BCUT2D eigenvalue weighted by atomic mass is 15.2. The van der Waals surface area contributed by atoms with Crippen molar-refractivity contribution in [3.8, 4) is 11.8 Å². The molecular weight excluding hydrogens is 448 g/mol. The molecule has 0 aromatic heterocycles. The zero-order chi connectivity index (χ0) is 26.5. The summed E-state index contributed by atoms with van der Waals surface area (Å²) in [6.07, 6.45) is 14.7. The van der Waals surface area contributed by atoms with Gasteiger partial charge in [0.25, 0.3) is 0 Å². The van der Waals surface area contributed by atoms with E-state index in [0.29, 0.717) is 0 Å². The molecule has 0 unspecified atom stereocenters. The van der Waals surface area contributed by atoms with Crippen molar-refractivity contribution in [3.63, 3.8) is 0 Å². The number of rotatable bonds is 14. The summed E-state index contributed by atoms with van der Waals surface area (Å²) in [6.45, 7) is 8.82. The highest BCUT2D eigenvalue weighted by Crippen LogP contribution is 2.42. The lowest BCUT2D eigenvalue weighted by molar-refractivity contribution is -0.345. The first-order valence-corrected chi connectivity index (χ1v) is 14.8. The SMILES string of the molecule is CCC#CC1=C(c2ccc(CCCCC)cc2)[N+](=[N-])C(c2cccc(CCCC)c2)=C1CCCCCC. The molecule has 0 aliphatic carbocycles. The summed E-state index contributed by atoms with van der Waals surface area (Å²) in [7, 11) is 0. The molecule has 3 rings (SSSR count). The minimum atomic E-state index is 0.795. The van der Waals surface area contributed by atoms with Gasteiger partial charge in [-0.3, -0.25) is 0 Å². The van der Waals surface area contributed by atoms with Gasteiger partial charge in [-0.15, -0.1) is 0 Å². The van der Waals surface area contributed by atoms with E-state index in [1.54, 1.807) is 0 Å². The average Bonchev–Trinajstić information content (AvgIpc) is 3.20. The maximum atomic E-state index is 11.8. The van der Waals surface area contributed by atoms with Crippen LogP contribution < -0.4 is 0 Å². The molecule has 2 aromatic carbocycles. The van der Waals surface area contributed by atoms with Crippen molar-refractivity contribution < 1.29 is 4.70 Å². The number of benzene rings is 2. The maximum Gasteiger partial charge on any atom is 0.223 e. The molecule has 2 nitrogen and oxygen atoms in total. The predicted molar refractivity (Wildman–Crippen MR) is 159 cm³/mol. The van der Waals surface area contributed by atoms with Crippen molar-refractivity contribution in [2.24, 2.45) is 0 Å². The molecule has 2 heteroatoms. The van der Waals surface area contributed by atoms with Crippen molar-refractivity contribution in [3.05, 3.63) is 87.5 Å². The van der Waals surface area contributed by atoms with E-state index in [9.17, 15) is 5.53 Å². The molecule has 37 heavy (non-hydrogen) atoms. The Morgan fingerprint density at radius 2 is 1.32 bits per heavy atom. The third kappa shape index (κ3) is 7.78. The predicted octanol–water partition coefficient (Wildman–Crippen LogP) is 10.3. The number of nitrogens with zero attached hydrogens (tertiary/aromatic N) is 2. The van der Waals surface area contributed by atoms with E-state index in [0.717, 1.165) is 60.2 Å². The molecule has 196 valence electrons. The minimum Gasteiger partial charge on any atom is -0.493 e. The molecule has 0 atom stereocenters. The van der Waals surface area contributed by atoms with Crippen LogP contribution in [-0.2, 0) is 12.8 Å². The van der Waals surface area contributed by atoms with E-state index in [1.165, 1.54) is 72.8 Å². The van der Waals surface area contributed by atoms with E-state index in [2.05, 4.69) is 88.1 Å². The molecule has 0 fully saturated rings. The Labute approximate surface area is 226 Å². The molecule has 1 aliphatic rings. The molecule has 0 N–H and O–H groups in total. The fourth-order valence-corrected chi connectivity index (χ4v) is 5.12. The van der Waals surface area contributed by atoms with E-state index in [4.69, 9.17) is 0 Å². The molecule has 0 spiro atoms. The summed E-state index contributed by atoms with van der Waals surface area (Å²) in [4.78, 5) is 0. The molecule has 1 heterocycles. The molecular formula is C35H46N2. The summed E-state index contributed by atoms with van der Waals surface area (Å²) in [5.74, 6) is 6.80. The zero-order valence-corrected chi connectivity index (χ0v) is 23.7. The van der Waals surface area contributed by atoms with Crippen molar-refractivity contribution in [1.82, 2.24) is 0 Å². The molecule has 0 amide bonds. The van der Waals surface area contributed by atoms with Crippen LogP contribution in [0.25, 0.3) is 16.9 Å². The highest BCUT2D eigenvalue weighted by Gasteiger charge is 2.35. The van der Waals surface area contributed by atoms with Crippen LogP contribution in [-0.4, -0.2) is 4.70 Å². The second kappa shape index (κ2) is 15.4. The molecule has 2 aromatic rings. The quantitative estimate of drug-likeness (QED) is 0.142. The van der Waals surface area contributed by atoms with E-state index in [1.807, 2.05) is 0 Å². The smallest absolute Gasteiger partial charge is 0.223 e. The molecule has 0 saturated heterocycles. The lowest BCUT2D eigenvalue weighted by Crippen LogP contribution is -2.03. The molecule has 0 bridgehead atoms. The van der Waals surface area contributed by atoms with Crippen molar-refractivity contribution in [2.45, 2.75) is 111 Å². The monoisotopic (exact) mass is 494 g/mol. The number of aryl methyl sites for hydroxylation is 2. The Morgan fingerprint density at radius 1 is 0.649 bits per heavy atom. The summed E-state index contributed by atoms with van der Waals surface area (Å²) in [5.41, 5.74) is 20.5. The normalized spacial score (nSPS) is 13.4. The Kier molecular flexibility index (Phi) is 11.9. The first kappa shape index (κ1) is 28.6. The minimum absolute atomic E-state index is 0.795. The van der Waals surface area contributed by atoms with Gasteiger partial charge in [0.2, 0.25) is 11.4 Å². The fraction of sp³-hybridized carbons (Fsp3) is 0.486. The van der Waals surface area contributed by atoms with Crippen molar-refractivity contribution in [1.29, 1.82) is 0 Å². The lowest BCUT2D eigenvalue weighted by Gasteiger charge is -2.11. The number of hydrogen-bond donors (Lipinski definition) is 0. The third-order valence-electron chi connectivity index (χ3n) is 7.23. The van der Waals surface area contributed by atoms with Crippen LogP contribution in [0.4, 0.5) is 0 Å². The first-order chi connectivity index (χ1) is 18.1. The van der Waals surface area contributed by atoms with Gasteiger partial charge in [0.15, 0.2) is 0 Å². The van der Waals surface area contributed by atoms with Crippen LogP contribution in [0.5, 0.6) is 0 Å². The van der Waals surface area contributed by atoms with Crippen LogP contribution in [0.15, 0.2) is 59.7 Å². The van der Waals surface area contributed by atoms with Crippen LogP contribution >= 0.6 is 0 Å². The van der Waals surface area contributed by atoms with E-state index >= 15 is 0 Å². The van der Waals surface area contributed by atoms with Gasteiger partial charge in [-0.2, -0.15) is 0 Å². The average molecular weight is 495 g/mol. The Bertz CT molecular complexity index is 1150. The standard InChI is InChI=1S/C35H46N2/c1-5-9-13-15-22-33-32(21-12-8-4)34(30-25-23-28(24-26-30)18-14-10-6-2)37(36)35(33)31-20-16-19-29(27-31)17-11-7-3/h16,19-20,23-27H,5-11,13-15,17-18,22H2,1-4H3. The molecule has 0 saturated carbocycles. The second-order valence-electron chi connectivity index (χ2n) is 10.3. The Hall–Kier alpha value is -2.92. The number of unbranched alkanes of at least 4 members (excludes halogenated alkanes) is 6. The highest BCUT2D eigenvalue weighted by molar-refractivity contribution is 5.85. The lowest BCUT2D eigenvalue weighted by atomic mass is 9.94. The maximum absolute atomic E-state index is 11.8. The fourth-order valence-electron chi connectivity index (χ4n) is 5.12.